The first kappa shape index (κ1) is 31.0. The van der Waals surface area contributed by atoms with Gasteiger partial charge in [-0.3, -0.25) is 13.9 Å². The molecule has 1 saturated carbocycles. The largest absolute Gasteiger partial charge is 0.416 e. The zero-order chi connectivity index (χ0) is 29.0. The molecule has 1 atom stereocenters. The summed E-state index contributed by atoms with van der Waals surface area (Å²) in [6.07, 6.45) is 0.753. The van der Waals surface area contributed by atoms with Crippen LogP contribution in [0.4, 0.5) is 18.9 Å². The number of sulfonamides is 1. The minimum atomic E-state index is -4.71. The molecule has 0 radical (unpaired) electrons. The Hall–Kier alpha value is -2.50. The molecule has 1 fully saturated rings. The van der Waals surface area contributed by atoms with Crippen molar-refractivity contribution >= 4 is 50.7 Å². The Morgan fingerprint density at radius 1 is 1.05 bits per heavy atom. The molecule has 1 unspecified atom stereocenters. The van der Waals surface area contributed by atoms with E-state index in [-0.39, 0.29) is 28.3 Å². The third-order valence-corrected chi connectivity index (χ3v) is 8.48. The molecule has 0 bridgehead atoms. The fourth-order valence-corrected chi connectivity index (χ4v) is 5.60. The van der Waals surface area contributed by atoms with Crippen LogP contribution < -0.4 is 9.62 Å². The molecule has 2 amide bonds. The van der Waals surface area contributed by atoms with Gasteiger partial charge < -0.3 is 10.2 Å². The van der Waals surface area contributed by atoms with E-state index in [0.717, 1.165) is 50.5 Å². The number of hydrogen-bond donors (Lipinski definition) is 1. The standard InChI is InChI=1S/C26H30Cl2F3N3O4S/c1-17(25(36)32-20-8-4-3-5-9-20)33(15-18-11-12-22(27)23(28)13-18)24(35)16-34(39(2,37)38)21-10-6-7-19(14-21)26(29,30)31/h6-7,10-14,17,20H,3-5,8-9,15-16H2,1-2H3,(H,32,36). The van der Waals surface area contributed by atoms with Gasteiger partial charge in [0.1, 0.15) is 12.6 Å². The van der Waals surface area contributed by atoms with Crippen molar-refractivity contribution in [3.05, 3.63) is 63.6 Å². The van der Waals surface area contributed by atoms with Gasteiger partial charge in [-0.25, -0.2) is 8.42 Å². The normalized spacial score (nSPS) is 15.5. The molecule has 0 heterocycles. The first-order chi connectivity index (χ1) is 18.2. The van der Waals surface area contributed by atoms with Gasteiger partial charge in [0.2, 0.25) is 21.8 Å². The van der Waals surface area contributed by atoms with Crippen molar-refractivity contribution in [1.29, 1.82) is 0 Å². The van der Waals surface area contributed by atoms with Gasteiger partial charge in [0.05, 0.1) is 27.6 Å². The Kier molecular flexibility index (Phi) is 10.2. The lowest BCUT2D eigenvalue weighted by Crippen LogP contribution is -2.53. The number of carbonyl (C=O) groups excluding carboxylic acids is 2. The van der Waals surface area contributed by atoms with Gasteiger partial charge in [0.15, 0.2) is 0 Å². The van der Waals surface area contributed by atoms with Crippen LogP contribution in [0.2, 0.25) is 10.0 Å². The average molecular weight is 609 g/mol. The molecule has 3 rings (SSSR count). The monoisotopic (exact) mass is 607 g/mol. The Morgan fingerprint density at radius 3 is 2.31 bits per heavy atom. The molecule has 1 aliphatic rings. The van der Waals surface area contributed by atoms with Crippen molar-refractivity contribution in [2.45, 2.75) is 63.8 Å². The van der Waals surface area contributed by atoms with Crippen molar-refractivity contribution < 1.29 is 31.2 Å². The van der Waals surface area contributed by atoms with Gasteiger partial charge in [0.25, 0.3) is 0 Å². The minimum absolute atomic E-state index is 0.0340. The van der Waals surface area contributed by atoms with Crippen LogP contribution in [-0.2, 0) is 32.3 Å². The zero-order valence-electron chi connectivity index (χ0n) is 21.5. The van der Waals surface area contributed by atoms with Crippen LogP contribution in [0.1, 0.15) is 50.2 Å². The molecule has 1 N–H and O–H groups in total. The maximum Gasteiger partial charge on any atom is 0.416 e. The number of carbonyl (C=O) groups is 2. The molecule has 0 aliphatic heterocycles. The fraction of sp³-hybridized carbons (Fsp3) is 0.462. The zero-order valence-corrected chi connectivity index (χ0v) is 23.8. The number of rotatable bonds is 9. The average Bonchev–Trinajstić information content (AvgIpc) is 2.86. The summed E-state index contributed by atoms with van der Waals surface area (Å²) in [4.78, 5) is 28.0. The smallest absolute Gasteiger partial charge is 0.352 e. The fourth-order valence-electron chi connectivity index (χ4n) is 4.44. The highest BCUT2D eigenvalue weighted by Gasteiger charge is 2.34. The van der Waals surface area contributed by atoms with Crippen LogP contribution >= 0.6 is 23.2 Å². The number of halogens is 5. The molecule has 2 aromatic rings. The molecular weight excluding hydrogens is 578 g/mol. The lowest BCUT2D eigenvalue weighted by molar-refractivity contribution is -0.139. The first-order valence-corrected chi connectivity index (χ1v) is 15.0. The van der Waals surface area contributed by atoms with Gasteiger partial charge in [-0.1, -0.05) is 54.6 Å². The summed E-state index contributed by atoms with van der Waals surface area (Å²) >= 11 is 12.1. The van der Waals surface area contributed by atoms with Gasteiger partial charge >= 0.3 is 6.18 Å². The number of hydrogen-bond acceptors (Lipinski definition) is 4. The van der Waals surface area contributed by atoms with Crippen molar-refractivity contribution in [2.75, 3.05) is 17.1 Å². The summed E-state index contributed by atoms with van der Waals surface area (Å²) < 4.78 is 65.7. The summed E-state index contributed by atoms with van der Waals surface area (Å²) in [7, 11) is -4.18. The van der Waals surface area contributed by atoms with Crippen molar-refractivity contribution in [2.24, 2.45) is 0 Å². The third-order valence-electron chi connectivity index (χ3n) is 6.60. The second kappa shape index (κ2) is 12.8. The Bertz CT molecular complexity index is 1300. The number of amides is 2. The number of alkyl halides is 3. The highest BCUT2D eigenvalue weighted by atomic mass is 35.5. The quantitative estimate of drug-likeness (QED) is 0.399. The maximum absolute atomic E-state index is 13.6. The van der Waals surface area contributed by atoms with E-state index in [4.69, 9.17) is 23.2 Å². The molecule has 13 heteroatoms. The Morgan fingerprint density at radius 2 is 1.72 bits per heavy atom. The van der Waals surface area contributed by atoms with Crippen LogP contribution in [-0.4, -0.2) is 50.0 Å². The van der Waals surface area contributed by atoms with Crippen molar-refractivity contribution in [3.8, 4) is 0 Å². The summed E-state index contributed by atoms with van der Waals surface area (Å²) in [6.45, 7) is 0.584. The molecule has 0 aromatic heterocycles. The Balaban J connectivity index is 1.92. The predicted octanol–water partition coefficient (Wildman–Crippen LogP) is 5.64. The molecule has 2 aromatic carbocycles. The Labute approximate surface area is 236 Å². The second-order valence-electron chi connectivity index (χ2n) is 9.61. The summed E-state index contributed by atoms with van der Waals surface area (Å²) in [6, 6.07) is 7.32. The highest BCUT2D eigenvalue weighted by molar-refractivity contribution is 7.92. The predicted molar refractivity (Wildman–Crippen MR) is 145 cm³/mol. The van der Waals surface area contributed by atoms with Gasteiger partial charge in [0, 0.05) is 12.6 Å². The van der Waals surface area contributed by atoms with E-state index in [1.54, 1.807) is 6.07 Å². The second-order valence-corrected chi connectivity index (χ2v) is 12.3. The van der Waals surface area contributed by atoms with Gasteiger partial charge in [-0.15, -0.1) is 0 Å². The van der Waals surface area contributed by atoms with Gasteiger partial charge in [-0.05, 0) is 55.7 Å². The summed E-state index contributed by atoms with van der Waals surface area (Å²) in [5.74, 6) is -1.20. The first-order valence-electron chi connectivity index (χ1n) is 12.4. The molecule has 1 aliphatic carbocycles. The van der Waals surface area contributed by atoms with E-state index < -0.39 is 46.2 Å². The van der Waals surface area contributed by atoms with Crippen LogP contribution in [0.25, 0.3) is 0 Å². The lowest BCUT2D eigenvalue weighted by Gasteiger charge is -2.33. The highest BCUT2D eigenvalue weighted by Crippen LogP contribution is 2.32. The summed E-state index contributed by atoms with van der Waals surface area (Å²) in [5, 5.41) is 3.47. The molecule has 0 spiro atoms. The van der Waals surface area contributed by atoms with Crippen molar-refractivity contribution in [3.63, 3.8) is 0 Å². The molecule has 0 saturated heterocycles. The van der Waals surface area contributed by atoms with E-state index in [0.29, 0.717) is 15.9 Å². The number of benzene rings is 2. The SMILES string of the molecule is CC(C(=O)NC1CCCCC1)N(Cc1ccc(Cl)c(Cl)c1)C(=O)CN(c1cccc(C(F)(F)F)c1)S(C)(=O)=O. The van der Waals surface area contributed by atoms with Crippen molar-refractivity contribution in [1.82, 2.24) is 10.2 Å². The van der Waals surface area contributed by atoms with E-state index >= 15 is 0 Å². The molecule has 7 nitrogen and oxygen atoms in total. The van der Waals surface area contributed by atoms with Crippen LogP contribution in [0.3, 0.4) is 0 Å². The van der Waals surface area contributed by atoms with Gasteiger partial charge in [-0.2, -0.15) is 13.2 Å². The third kappa shape index (κ3) is 8.49. The number of nitrogens with zero attached hydrogens (tertiary/aromatic N) is 2. The van der Waals surface area contributed by atoms with E-state index in [2.05, 4.69) is 5.32 Å². The van der Waals surface area contributed by atoms with Crippen LogP contribution in [0, 0.1) is 0 Å². The molecular formula is C26H30Cl2F3N3O4S. The van der Waals surface area contributed by atoms with E-state index in [1.165, 1.54) is 30.0 Å². The number of nitrogens with one attached hydrogen (secondary N) is 1. The molecule has 214 valence electrons. The van der Waals surface area contributed by atoms with E-state index in [9.17, 15) is 31.2 Å². The van der Waals surface area contributed by atoms with E-state index in [1.807, 2.05) is 0 Å². The minimum Gasteiger partial charge on any atom is -0.352 e. The van der Waals surface area contributed by atoms with Crippen LogP contribution in [0.5, 0.6) is 0 Å². The van der Waals surface area contributed by atoms with Crippen LogP contribution in [0.15, 0.2) is 42.5 Å². The lowest BCUT2D eigenvalue weighted by atomic mass is 9.95. The number of anilines is 1. The molecule has 39 heavy (non-hydrogen) atoms. The maximum atomic E-state index is 13.6. The summed E-state index contributed by atoms with van der Waals surface area (Å²) in [5.41, 5.74) is -0.858. The topological polar surface area (TPSA) is 86.8 Å².